The zero-order chi connectivity index (χ0) is 38.2. The van der Waals surface area contributed by atoms with E-state index in [-0.39, 0.29) is 0 Å². The molecule has 0 N–H and O–H groups in total. The summed E-state index contributed by atoms with van der Waals surface area (Å²) in [5.74, 6) is 0. The molecule has 10 aromatic carbocycles. The Balaban J connectivity index is 1.01. The van der Waals surface area contributed by atoms with Crippen molar-refractivity contribution in [2.45, 2.75) is 0 Å². The van der Waals surface area contributed by atoms with Crippen LogP contribution in [0.15, 0.2) is 215 Å². The fraction of sp³-hybridized carbons (Fsp3) is 0. The van der Waals surface area contributed by atoms with Gasteiger partial charge in [0.25, 0.3) is 0 Å². The molecule has 12 rings (SSSR count). The van der Waals surface area contributed by atoms with Crippen molar-refractivity contribution in [2.75, 3.05) is 9.80 Å². The molecule has 0 fully saturated rings. The SMILES string of the molecule is c1ccc(N(c2ccc3c(c2)oc2ccc4c(ccc5oc6cc(N(c7ccccc7)c7cccc8ccccc78)ccc6c54)c23)c2cccc3ccccc23)cc1. The molecule has 0 unspecified atom stereocenters. The maximum absolute atomic E-state index is 6.69. The second kappa shape index (κ2) is 12.9. The highest BCUT2D eigenvalue weighted by Crippen LogP contribution is 2.46. The highest BCUT2D eigenvalue weighted by molar-refractivity contribution is 6.27. The van der Waals surface area contributed by atoms with E-state index < -0.39 is 0 Å². The van der Waals surface area contributed by atoms with Gasteiger partial charge in [-0.25, -0.2) is 0 Å². The molecular weight excluding hydrogens is 709 g/mol. The molecule has 272 valence electrons. The number of para-hydroxylation sites is 2. The minimum Gasteiger partial charge on any atom is -0.456 e. The number of hydrogen-bond acceptors (Lipinski definition) is 4. The van der Waals surface area contributed by atoms with Gasteiger partial charge in [0.15, 0.2) is 0 Å². The Morgan fingerprint density at radius 2 is 0.655 bits per heavy atom. The van der Waals surface area contributed by atoms with Gasteiger partial charge in [-0.05, 0) is 106 Å². The number of rotatable bonds is 6. The number of anilines is 6. The lowest BCUT2D eigenvalue weighted by Gasteiger charge is -2.26. The highest BCUT2D eigenvalue weighted by Gasteiger charge is 2.21. The quantitative estimate of drug-likeness (QED) is 0.170. The molecule has 58 heavy (non-hydrogen) atoms. The van der Waals surface area contributed by atoms with Crippen LogP contribution in [0.5, 0.6) is 0 Å². The molecule has 2 aromatic heterocycles. The minimum atomic E-state index is 0.845. The van der Waals surface area contributed by atoms with Gasteiger partial charge in [0, 0.05) is 67.2 Å². The summed E-state index contributed by atoms with van der Waals surface area (Å²) in [7, 11) is 0. The lowest BCUT2D eigenvalue weighted by atomic mass is 9.99. The molecule has 2 heterocycles. The summed E-state index contributed by atoms with van der Waals surface area (Å²) < 4.78 is 13.4. The van der Waals surface area contributed by atoms with Crippen LogP contribution in [0.25, 0.3) is 76.2 Å². The summed E-state index contributed by atoms with van der Waals surface area (Å²) in [6.07, 6.45) is 0. The number of benzene rings is 10. The van der Waals surface area contributed by atoms with E-state index in [0.717, 1.165) is 88.8 Å². The zero-order valence-electron chi connectivity index (χ0n) is 31.3. The summed E-state index contributed by atoms with van der Waals surface area (Å²) in [6, 6.07) is 73.0. The van der Waals surface area contributed by atoms with Crippen LogP contribution in [0.3, 0.4) is 0 Å². The molecule has 4 heteroatoms. The molecule has 0 spiro atoms. The summed E-state index contributed by atoms with van der Waals surface area (Å²) in [5.41, 5.74) is 9.88. The lowest BCUT2D eigenvalue weighted by molar-refractivity contribution is 0.668. The molecule has 0 bridgehead atoms. The van der Waals surface area contributed by atoms with Crippen LogP contribution in [0.2, 0.25) is 0 Å². The van der Waals surface area contributed by atoms with Gasteiger partial charge in [-0.3, -0.25) is 0 Å². The van der Waals surface area contributed by atoms with Crippen molar-refractivity contribution in [3.63, 3.8) is 0 Å². The highest BCUT2D eigenvalue weighted by atomic mass is 16.3. The topological polar surface area (TPSA) is 32.8 Å². The third-order valence-corrected chi connectivity index (χ3v) is 11.6. The van der Waals surface area contributed by atoms with Gasteiger partial charge in [-0.1, -0.05) is 109 Å². The first-order chi connectivity index (χ1) is 28.8. The molecular formula is C54H34N2O2. The number of hydrogen-bond donors (Lipinski definition) is 0. The summed E-state index contributed by atoms with van der Waals surface area (Å²) in [5, 5.41) is 11.4. The summed E-state index contributed by atoms with van der Waals surface area (Å²) in [4.78, 5) is 4.64. The van der Waals surface area contributed by atoms with Crippen molar-refractivity contribution in [2.24, 2.45) is 0 Å². The molecule has 0 saturated heterocycles. The van der Waals surface area contributed by atoms with Crippen LogP contribution in [-0.4, -0.2) is 0 Å². The first-order valence-electron chi connectivity index (χ1n) is 19.7. The van der Waals surface area contributed by atoms with Crippen LogP contribution in [0, 0.1) is 0 Å². The van der Waals surface area contributed by atoms with Crippen molar-refractivity contribution in [1.29, 1.82) is 0 Å². The van der Waals surface area contributed by atoms with Crippen LogP contribution >= 0.6 is 0 Å². The van der Waals surface area contributed by atoms with E-state index in [1.807, 2.05) is 0 Å². The van der Waals surface area contributed by atoms with E-state index >= 15 is 0 Å². The van der Waals surface area contributed by atoms with Crippen molar-refractivity contribution >= 4 is 110 Å². The predicted molar refractivity (Wildman–Crippen MR) is 243 cm³/mol. The predicted octanol–water partition coefficient (Wildman–Crippen LogP) is 15.9. The Morgan fingerprint density at radius 3 is 1.12 bits per heavy atom. The van der Waals surface area contributed by atoms with Crippen LogP contribution in [0.1, 0.15) is 0 Å². The van der Waals surface area contributed by atoms with E-state index in [1.54, 1.807) is 0 Å². The molecule has 0 saturated carbocycles. The van der Waals surface area contributed by atoms with E-state index in [1.165, 1.54) is 21.5 Å². The molecule has 0 aliphatic heterocycles. The second-order valence-corrected chi connectivity index (χ2v) is 14.9. The summed E-state index contributed by atoms with van der Waals surface area (Å²) in [6.45, 7) is 0. The fourth-order valence-corrected chi connectivity index (χ4v) is 9.03. The largest absolute Gasteiger partial charge is 0.456 e. The first-order valence-corrected chi connectivity index (χ1v) is 19.7. The maximum atomic E-state index is 6.69. The van der Waals surface area contributed by atoms with Crippen molar-refractivity contribution in [1.82, 2.24) is 0 Å². The van der Waals surface area contributed by atoms with Gasteiger partial charge < -0.3 is 18.6 Å². The third kappa shape index (κ3) is 5.02. The van der Waals surface area contributed by atoms with Crippen molar-refractivity contribution < 1.29 is 8.83 Å². The van der Waals surface area contributed by atoms with Gasteiger partial charge in [0.1, 0.15) is 22.3 Å². The number of nitrogens with zero attached hydrogens (tertiary/aromatic N) is 2. The number of furan rings is 2. The number of fused-ring (bicyclic) bond motifs is 11. The standard InChI is InChI=1S/C54H34N2O2/c1-3-17-37(18-4-1)55(47-23-11-15-35-13-7-9-21-41(35)47)39-25-27-45-51(33-39)57-49-31-29-44-43(53(45)49)30-32-50-54(44)46-28-26-40(34-52(46)58-50)56(38-19-5-2-6-20-38)48-24-12-16-36-14-8-10-22-42(36)48/h1-34H. The average molecular weight is 743 g/mol. The van der Waals surface area contributed by atoms with Crippen LogP contribution < -0.4 is 9.80 Å². The lowest BCUT2D eigenvalue weighted by Crippen LogP contribution is -2.10. The molecule has 0 aliphatic carbocycles. The normalized spacial score (nSPS) is 11.8. The maximum Gasteiger partial charge on any atom is 0.137 e. The Hall–Kier alpha value is -7.82. The van der Waals surface area contributed by atoms with E-state index in [2.05, 4.69) is 216 Å². The second-order valence-electron chi connectivity index (χ2n) is 14.9. The third-order valence-electron chi connectivity index (χ3n) is 11.6. The average Bonchev–Trinajstić information content (AvgIpc) is 3.86. The van der Waals surface area contributed by atoms with E-state index in [0.29, 0.717) is 0 Å². The Labute approximate surface area is 334 Å². The van der Waals surface area contributed by atoms with E-state index in [9.17, 15) is 0 Å². The smallest absolute Gasteiger partial charge is 0.137 e. The summed E-state index contributed by atoms with van der Waals surface area (Å²) >= 11 is 0. The van der Waals surface area contributed by atoms with Gasteiger partial charge in [0.2, 0.25) is 0 Å². The van der Waals surface area contributed by atoms with Crippen LogP contribution in [0.4, 0.5) is 34.1 Å². The van der Waals surface area contributed by atoms with Gasteiger partial charge in [-0.15, -0.1) is 0 Å². The Kier molecular flexibility index (Phi) is 7.20. The monoisotopic (exact) mass is 742 g/mol. The molecule has 0 amide bonds. The van der Waals surface area contributed by atoms with Crippen LogP contribution in [-0.2, 0) is 0 Å². The van der Waals surface area contributed by atoms with Crippen molar-refractivity contribution in [3.8, 4) is 0 Å². The van der Waals surface area contributed by atoms with Gasteiger partial charge in [-0.2, -0.15) is 0 Å². The Morgan fingerprint density at radius 1 is 0.259 bits per heavy atom. The van der Waals surface area contributed by atoms with Gasteiger partial charge in [0.05, 0.1) is 11.4 Å². The fourth-order valence-electron chi connectivity index (χ4n) is 9.03. The zero-order valence-corrected chi connectivity index (χ0v) is 31.3. The van der Waals surface area contributed by atoms with E-state index in [4.69, 9.17) is 8.83 Å². The van der Waals surface area contributed by atoms with Gasteiger partial charge >= 0.3 is 0 Å². The molecule has 0 radical (unpaired) electrons. The minimum absolute atomic E-state index is 0.845. The molecule has 0 atom stereocenters. The Bertz CT molecular complexity index is 3280. The first kappa shape index (κ1) is 32.4. The molecule has 4 nitrogen and oxygen atoms in total. The molecule has 0 aliphatic rings. The van der Waals surface area contributed by atoms with Crippen molar-refractivity contribution in [3.05, 3.63) is 206 Å². The molecule has 12 aromatic rings.